The molecule has 0 radical (unpaired) electrons. The van der Waals surface area contributed by atoms with Crippen molar-refractivity contribution in [3.63, 3.8) is 0 Å². The van der Waals surface area contributed by atoms with E-state index in [0.29, 0.717) is 46.1 Å². The van der Waals surface area contributed by atoms with Crippen LogP contribution < -0.4 is 0 Å². The van der Waals surface area contributed by atoms with Crippen molar-refractivity contribution in [2.45, 2.75) is 75.9 Å². The Balaban J connectivity index is 1.34. The molecule has 6 nitrogen and oxygen atoms in total. The van der Waals surface area contributed by atoms with Crippen LogP contribution in [0.25, 0.3) is 0 Å². The quantitative estimate of drug-likeness (QED) is 0.142. The fourth-order valence-electron chi connectivity index (χ4n) is 6.07. The second-order valence-electron chi connectivity index (χ2n) is 11.9. The van der Waals surface area contributed by atoms with Gasteiger partial charge in [-0.2, -0.15) is 0 Å². The van der Waals surface area contributed by atoms with E-state index in [1.54, 1.807) is 0 Å². The van der Waals surface area contributed by atoms with Crippen molar-refractivity contribution in [2.75, 3.05) is 13.2 Å². The molecule has 2 aliphatic heterocycles. The number of ether oxygens (including phenoxy) is 6. The van der Waals surface area contributed by atoms with Crippen molar-refractivity contribution in [2.24, 2.45) is 0 Å². The van der Waals surface area contributed by atoms with Crippen molar-refractivity contribution >= 4 is 0 Å². The number of hydrogen-bond acceptors (Lipinski definition) is 6. The summed E-state index contributed by atoms with van der Waals surface area (Å²) in [4.78, 5) is 0. The third-order valence-electron chi connectivity index (χ3n) is 8.44. The Kier molecular flexibility index (Phi) is 11.8. The van der Waals surface area contributed by atoms with E-state index in [4.69, 9.17) is 28.4 Å². The Bertz CT molecular complexity index is 1450. The Morgan fingerprint density at radius 1 is 0.565 bits per heavy atom. The molecule has 6 heteroatoms. The molecule has 0 bridgehead atoms. The maximum absolute atomic E-state index is 7.04. The van der Waals surface area contributed by atoms with Crippen LogP contribution in [0.3, 0.4) is 0 Å². The molecule has 2 heterocycles. The zero-order valence-electron chi connectivity index (χ0n) is 26.3. The van der Waals surface area contributed by atoms with E-state index in [9.17, 15) is 0 Å². The van der Waals surface area contributed by atoms with Crippen LogP contribution in [0.15, 0.2) is 133 Å². The highest BCUT2D eigenvalue weighted by Gasteiger charge is 2.57. The fourth-order valence-corrected chi connectivity index (χ4v) is 6.07. The SMILES string of the molecule is C1=C\C[C@]2(OCCC/1)O[C@H](COCc1ccccc1)[C@@H](OCc1ccccc1)[C@H](OCc1ccccc1)[C@H]2OCc1ccccc1. The van der Waals surface area contributed by atoms with Gasteiger partial charge in [-0.25, -0.2) is 0 Å². The molecule has 2 aliphatic rings. The summed E-state index contributed by atoms with van der Waals surface area (Å²) in [5, 5.41) is 0. The predicted molar refractivity (Wildman–Crippen MR) is 178 cm³/mol. The second kappa shape index (κ2) is 16.8. The van der Waals surface area contributed by atoms with Crippen LogP contribution in [-0.4, -0.2) is 43.4 Å². The van der Waals surface area contributed by atoms with E-state index in [2.05, 4.69) is 60.7 Å². The van der Waals surface area contributed by atoms with Crippen molar-refractivity contribution in [1.82, 2.24) is 0 Å². The Hall–Kier alpha value is -3.62. The van der Waals surface area contributed by atoms with Crippen molar-refractivity contribution in [3.8, 4) is 0 Å². The fraction of sp³-hybridized carbons (Fsp3) is 0.350. The van der Waals surface area contributed by atoms with E-state index >= 15 is 0 Å². The molecule has 1 spiro atoms. The molecule has 0 N–H and O–H groups in total. The molecule has 46 heavy (non-hydrogen) atoms. The topological polar surface area (TPSA) is 55.4 Å². The summed E-state index contributed by atoms with van der Waals surface area (Å²) in [5.41, 5.74) is 4.30. The first-order valence-electron chi connectivity index (χ1n) is 16.3. The van der Waals surface area contributed by atoms with Gasteiger partial charge in [0.05, 0.1) is 39.6 Å². The second-order valence-corrected chi connectivity index (χ2v) is 11.9. The summed E-state index contributed by atoms with van der Waals surface area (Å²) in [6, 6.07) is 40.8. The summed E-state index contributed by atoms with van der Waals surface area (Å²) in [5.74, 6) is -1.08. The minimum Gasteiger partial charge on any atom is -0.374 e. The summed E-state index contributed by atoms with van der Waals surface area (Å²) in [6.07, 6.45) is 4.68. The van der Waals surface area contributed by atoms with E-state index in [1.807, 2.05) is 72.8 Å². The van der Waals surface area contributed by atoms with Gasteiger partial charge in [-0.1, -0.05) is 133 Å². The number of rotatable bonds is 13. The average molecular weight is 621 g/mol. The van der Waals surface area contributed by atoms with Gasteiger partial charge in [-0.05, 0) is 35.1 Å². The molecule has 0 aliphatic carbocycles. The van der Waals surface area contributed by atoms with Crippen LogP contribution in [0.2, 0.25) is 0 Å². The van der Waals surface area contributed by atoms with Crippen LogP contribution >= 0.6 is 0 Å². The smallest absolute Gasteiger partial charge is 0.201 e. The minimum absolute atomic E-state index is 0.305. The average Bonchev–Trinajstić information content (AvgIpc) is 3.10. The number of allylic oxidation sites excluding steroid dienone is 1. The van der Waals surface area contributed by atoms with Crippen LogP contribution in [0, 0.1) is 0 Å². The van der Waals surface area contributed by atoms with Crippen molar-refractivity contribution in [3.05, 3.63) is 156 Å². The monoisotopic (exact) mass is 620 g/mol. The maximum atomic E-state index is 7.04. The number of hydrogen-bond donors (Lipinski definition) is 0. The van der Waals surface area contributed by atoms with E-state index in [1.165, 1.54) is 0 Å². The van der Waals surface area contributed by atoms with Gasteiger partial charge in [0.25, 0.3) is 0 Å². The van der Waals surface area contributed by atoms with E-state index in [-0.39, 0.29) is 0 Å². The molecular weight excluding hydrogens is 576 g/mol. The van der Waals surface area contributed by atoms with Gasteiger partial charge < -0.3 is 28.4 Å². The first kappa shape index (κ1) is 32.3. The van der Waals surface area contributed by atoms with Crippen LogP contribution in [0.5, 0.6) is 0 Å². The van der Waals surface area contributed by atoms with Gasteiger partial charge in [0, 0.05) is 6.42 Å². The molecular formula is C40H44O6. The molecule has 240 valence electrons. The third-order valence-corrected chi connectivity index (χ3v) is 8.44. The van der Waals surface area contributed by atoms with Gasteiger partial charge in [0.1, 0.15) is 24.4 Å². The summed E-state index contributed by atoms with van der Waals surface area (Å²) < 4.78 is 40.6. The molecule has 0 saturated carbocycles. The molecule has 6 rings (SSSR count). The lowest BCUT2D eigenvalue weighted by atomic mass is 9.89. The largest absolute Gasteiger partial charge is 0.374 e. The van der Waals surface area contributed by atoms with Gasteiger partial charge in [0.15, 0.2) is 0 Å². The van der Waals surface area contributed by atoms with Crippen LogP contribution in [-0.2, 0) is 54.8 Å². The normalized spacial score (nSPS) is 25.5. The minimum atomic E-state index is -1.08. The van der Waals surface area contributed by atoms with Gasteiger partial charge in [-0.15, -0.1) is 0 Å². The van der Waals surface area contributed by atoms with Gasteiger partial charge >= 0.3 is 0 Å². The maximum Gasteiger partial charge on any atom is 0.201 e. The molecule has 1 fully saturated rings. The van der Waals surface area contributed by atoms with Crippen molar-refractivity contribution < 1.29 is 28.4 Å². The lowest BCUT2D eigenvalue weighted by molar-refractivity contribution is -0.382. The Morgan fingerprint density at radius 2 is 1.07 bits per heavy atom. The zero-order chi connectivity index (χ0) is 31.3. The standard InChI is InChI=1S/C40H44O6/c1-2-16-26-45-40(25-15-1)39(44-30-35-23-13-6-14-24-35)38(43-29-34-21-11-5-12-22-34)37(42-28-33-19-9-4-10-20-33)36(46-40)31-41-27-32-17-7-3-8-18-32/h1,3-15,17-24,36-39H,2,16,25-31H2/b15-1-/t36-,37-,38+,39-,40+/m1/s1. The molecule has 4 aromatic carbocycles. The zero-order valence-corrected chi connectivity index (χ0v) is 26.3. The predicted octanol–water partition coefficient (Wildman–Crippen LogP) is 7.81. The molecule has 5 atom stereocenters. The molecule has 4 aromatic rings. The highest BCUT2D eigenvalue weighted by atomic mass is 16.7. The third kappa shape index (κ3) is 8.80. The Morgan fingerprint density at radius 3 is 1.63 bits per heavy atom. The molecule has 0 unspecified atom stereocenters. The van der Waals surface area contributed by atoms with E-state index in [0.717, 1.165) is 35.1 Å². The van der Waals surface area contributed by atoms with E-state index < -0.39 is 30.2 Å². The van der Waals surface area contributed by atoms with Gasteiger partial charge in [0.2, 0.25) is 5.79 Å². The highest BCUT2D eigenvalue weighted by Crippen LogP contribution is 2.41. The van der Waals surface area contributed by atoms with Crippen molar-refractivity contribution in [1.29, 1.82) is 0 Å². The first-order chi connectivity index (χ1) is 22.8. The molecule has 0 aromatic heterocycles. The highest BCUT2D eigenvalue weighted by molar-refractivity contribution is 5.17. The number of benzene rings is 4. The van der Waals surface area contributed by atoms with Gasteiger partial charge in [-0.3, -0.25) is 0 Å². The summed E-state index contributed by atoms with van der Waals surface area (Å²) in [6.45, 7) is 2.49. The summed E-state index contributed by atoms with van der Waals surface area (Å²) >= 11 is 0. The van der Waals surface area contributed by atoms with Crippen LogP contribution in [0.1, 0.15) is 41.5 Å². The lowest BCUT2D eigenvalue weighted by Crippen LogP contribution is -2.68. The lowest BCUT2D eigenvalue weighted by Gasteiger charge is -2.52. The summed E-state index contributed by atoms with van der Waals surface area (Å²) in [7, 11) is 0. The Labute approximate surface area is 272 Å². The molecule has 0 amide bonds. The first-order valence-corrected chi connectivity index (χ1v) is 16.3. The van der Waals surface area contributed by atoms with Crippen LogP contribution in [0.4, 0.5) is 0 Å². The molecule has 1 saturated heterocycles.